The third-order valence-corrected chi connectivity index (χ3v) is 3.48. The molecule has 0 aliphatic carbocycles. The van der Waals surface area contributed by atoms with Crippen molar-refractivity contribution in [2.75, 3.05) is 17.7 Å². The van der Waals surface area contributed by atoms with Gasteiger partial charge in [-0.25, -0.2) is 0 Å². The number of amides is 1. The number of anilines is 2. The highest BCUT2D eigenvalue weighted by Crippen LogP contribution is 2.13. The van der Waals surface area contributed by atoms with Gasteiger partial charge in [-0.05, 0) is 54.1 Å². The zero-order valence-corrected chi connectivity index (χ0v) is 13.6. The van der Waals surface area contributed by atoms with E-state index in [9.17, 15) is 4.79 Å². The number of ether oxygens (including phenoxy) is 1. The fourth-order valence-electron chi connectivity index (χ4n) is 2.12. The van der Waals surface area contributed by atoms with E-state index in [0.717, 1.165) is 5.56 Å². The molecule has 0 atom stereocenters. The predicted molar refractivity (Wildman–Crippen MR) is 94.5 cm³/mol. The molecular weight excluding hydrogens is 318 g/mol. The summed E-state index contributed by atoms with van der Waals surface area (Å²) in [5.74, 6) is 1.45. The van der Waals surface area contributed by atoms with Gasteiger partial charge in [-0.1, -0.05) is 0 Å². The van der Waals surface area contributed by atoms with Gasteiger partial charge in [0.05, 0.1) is 7.11 Å². The summed E-state index contributed by atoms with van der Waals surface area (Å²) in [5, 5.41) is 13.9. The number of carbonyl (C=O) groups is 1. The van der Waals surface area contributed by atoms with Crippen LogP contribution in [-0.4, -0.2) is 28.2 Å². The molecule has 0 unspecified atom stereocenters. The van der Waals surface area contributed by atoms with Gasteiger partial charge in [0.25, 0.3) is 5.91 Å². The number of nitrogens with one attached hydrogen (secondary N) is 2. The Labute approximate surface area is 145 Å². The standard InChI is InChI=1S/C18H17N5O2/c1-25-15-4-2-14(3-5-15)18(24)21-17-7-6-16(22-23-17)20-12-13-8-10-19-11-9-13/h2-11H,12H2,1H3,(H,20,22)(H,21,23,24). The van der Waals surface area contributed by atoms with Crippen LogP contribution in [0.25, 0.3) is 0 Å². The van der Waals surface area contributed by atoms with E-state index in [-0.39, 0.29) is 5.91 Å². The highest BCUT2D eigenvalue weighted by atomic mass is 16.5. The van der Waals surface area contributed by atoms with Crippen molar-refractivity contribution in [2.24, 2.45) is 0 Å². The highest BCUT2D eigenvalue weighted by molar-refractivity contribution is 6.03. The maximum atomic E-state index is 12.2. The van der Waals surface area contributed by atoms with E-state index in [1.54, 1.807) is 55.9 Å². The van der Waals surface area contributed by atoms with Crippen molar-refractivity contribution in [1.82, 2.24) is 15.2 Å². The lowest BCUT2D eigenvalue weighted by molar-refractivity contribution is 0.102. The van der Waals surface area contributed by atoms with E-state index in [2.05, 4.69) is 25.8 Å². The molecule has 0 fully saturated rings. The van der Waals surface area contributed by atoms with E-state index in [0.29, 0.717) is 29.5 Å². The maximum Gasteiger partial charge on any atom is 0.256 e. The van der Waals surface area contributed by atoms with Gasteiger partial charge >= 0.3 is 0 Å². The van der Waals surface area contributed by atoms with Gasteiger partial charge in [-0.3, -0.25) is 9.78 Å². The van der Waals surface area contributed by atoms with E-state index in [1.165, 1.54) is 0 Å². The number of nitrogens with zero attached hydrogens (tertiary/aromatic N) is 3. The van der Waals surface area contributed by atoms with E-state index >= 15 is 0 Å². The number of rotatable bonds is 6. The molecule has 0 aliphatic heterocycles. The minimum absolute atomic E-state index is 0.255. The molecule has 0 saturated carbocycles. The number of carbonyl (C=O) groups excluding carboxylic acids is 1. The third kappa shape index (κ3) is 4.51. The zero-order valence-electron chi connectivity index (χ0n) is 13.6. The van der Waals surface area contributed by atoms with Crippen molar-refractivity contribution in [3.63, 3.8) is 0 Å². The molecule has 25 heavy (non-hydrogen) atoms. The van der Waals surface area contributed by atoms with Crippen LogP contribution in [0.5, 0.6) is 5.75 Å². The lowest BCUT2D eigenvalue weighted by Crippen LogP contribution is -2.13. The van der Waals surface area contributed by atoms with Crippen LogP contribution in [0.4, 0.5) is 11.6 Å². The number of pyridine rings is 1. The lowest BCUT2D eigenvalue weighted by atomic mass is 10.2. The van der Waals surface area contributed by atoms with Gasteiger partial charge in [-0.15, -0.1) is 10.2 Å². The third-order valence-electron chi connectivity index (χ3n) is 3.48. The van der Waals surface area contributed by atoms with Crippen LogP contribution in [0.1, 0.15) is 15.9 Å². The molecule has 1 aromatic carbocycles. The molecule has 0 saturated heterocycles. The van der Waals surface area contributed by atoms with Gasteiger partial charge in [0.1, 0.15) is 11.6 Å². The smallest absolute Gasteiger partial charge is 0.256 e. The van der Waals surface area contributed by atoms with Crippen LogP contribution >= 0.6 is 0 Å². The van der Waals surface area contributed by atoms with Crippen LogP contribution in [-0.2, 0) is 6.54 Å². The number of hydrogen-bond donors (Lipinski definition) is 2. The molecule has 3 aromatic rings. The van der Waals surface area contributed by atoms with Gasteiger partial charge in [0.15, 0.2) is 5.82 Å². The first-order valence-electron chi connectivity index (χ1n) is 7.66. The fraction of sp³-hybridized carbons (Fsp3) is 0.111. The number of aromatic nitrogens is 3. The maximum absolute atomic E-state index is 12.2. The molecule has 0 aliphatic rings. The second-order valence-electron chi connectivity index (χ2n) is 5.20. The summed E-state index contributed by atoms with van der Waals surface area (Å²) in [6.45, 7) is 0.620. The molecular formula is C18H17N5O2. The van der Waals surface area contributed by atoms with E-state index in [1.807, 2.05) is 12.1 Å². The van der Waals surface area contributed by atoms with Gasteiger partial charge < -0.3 is 15.4 Å². The largest absolute Gasteiger partial charge is 0.497 e. The van der Waals surface area contributed by atoms with Crippen molar-refractivity contribution < 1.29 is 9.53 Å². The summed E-state index contributed by atoms with van der Waals surface area (Å²) in [6, 6.07) is 14.1. The molecule has 3 rings (SSSR count). The van der Waals surface area contributed by atoms with Gasteiger partial charge in [0.2, 0.25) is 0 Å². The summed E-state index contributed by atoms with van der Waals surface area (Å²) in [7, 11) is 1.58. The molecule has 2 heterocycles. The van der Waals surface area contributed by atoms with Crippen LogP contribution in [0.2, 0.25) is 0 Å². The second kappa shape index (κ2) is 7.87. The van der Waals surface area contributed by atoms with Gasteiger partial charge in [0, 0.05) is 24.5 Å². The monoisotopic (exact) mass is 335 g/mol. The van der Waals surface area contributed by atoms with E-state index in [4.69, 9.17) is 4.74 Å². The average Bonchev–Trinajstić information content (AvgIpc) is 2.68. The van der Waals surface area contributed by atoms with Crippen LogP contribution < -0.4 is 15.4 Å². The molecule has 2 aromatic heterocycles. The normalized spacial score (nSPS) is 10.1. The second-order valence-corrected chi connectivity index (χ2v) is 5.20. The lowest BCUT2D eigenvalue weighted by Gasteiger charge is -2.07. The Morgan fingerprint density at radius 3 is 2.28 bits per heavy atom. The van der Waals surface area contributed by atoms with Crippen LogP contribution in [0, 0.1) is 0 Å². The summed E-state index contributed by atoms with van der Waals surface area (Å²) in [4.78, 5) is 16.1. The summed E-state index contributed by atoms with van der Waals surface area (Å²) >= 11 is 0. The average molecular weight is 335 g/mol. The fourth-order valence-corrected chi connectivity index (χ4v) is 2.12. The molecule has 126 valence electrons. The summed E-state index contributed by atoms with van der Waals surface area (Å²) in [5.41, 5.74) is 1.61. The van der Waals surface area contributed by atoms with Gasteiger partial charge in [-0.2, -0.15) is 0 Å². The molecule has 0 bridgehead atoms. The molecule has 2 N–H and O–H groups in total. The minimum atomic E-state index is -0.255. The first-order valence-corrected chi connectivity index (χ1v) is 7.66. The van der Waals surface area contributed by atoms with Crippen molar-refractivity contribution in [3.8, 4) is 5.75 Å². The van der Waals surface area contributed by atoms with Crippen molar-refractivity contribution in [1.29, 1.82) is 0 Å². The van der Waals surface area contributed by atoms with Crippen LogP contribution in [0.3, 0.4) is 0 Å². The van der Waals surface area contributed by atoms with Crippen molar-refractivity contribution >= 4 is 17.5 Å². The summed E-state index contributed by atoms with van der Waals surface area (Å²) in [6.07, 6.45) is 3.47. The SMILES string of the molecule is COc1ccc(C(=O)Nc2ccc(NCc3ccncc3)nn2)cc1. The first-order chi connectivity index (χ1) is 12.2. The molecule has 0 spiro atoms. The Morgan fingerprint density at radius 2 is 1.64 bits per heavy atom. The Kier molecular flexibility index (Phi) is 5.16. The molecule has 7 heteroatoms. The Morgan fingerprint density at radius 1 is 0.960 bits per heavy atom. The number of benzene rings is 1. The number of hydrogen-bond acceptors (Lipinski definition) is 6. The highest BCUT2D eigenvalue weighted by Gasteiger charge is 2.07. The Balaban J connectivity index is 1.57. The molecule has 0 radical (unpaired) electrons. The minimum Gasteiger partial charge on any atom is -0.497 e. The Bertz CT molecular complexity index is 820. The predicted octanol–water partition coefficient (Wildman–Crippen LogP) is 2.74. The summed E-state index contributed by atoms with van der Waals surface area (Å²) < 4.78 is 5.07. The quantitative estimate of drug-likeness (QED) is 0.720. The topological polar surface area (TPSA) is 89.0 Å². The molecule has 1 amide bonds. The van der Waals surface area contributed by atoms with Crippen LogP contribution in [0.15, 0.2) is 60.9 Å². The van der Waals surface area contributed by atoms with Crippen molar-refractivity contribution in [3.05, 3.63) is 72.1 Å². The zero-order chi connectivity index (χ0) is 17.5. The molecule has 7 nitrogen and oxygen atoms in total. The van der Waals surface area contributed by atoms with E-state index < -0.39 is 0 Å². The number of methoxy groups -OCH3 is 1. The van der Waals surface area contributed by atoms with Crippen molar-refractivity contribution in [2.45, 2.75) is 6.54 Å². The first kappa shape index (κ1) is 16.4. The Hall–Kier alpha value is -3.48.